The summed E-state index contributed by atoms with van der Waals surface area (Å²) in [6.45, 7) is 4.00. The van der Waals surface area contributed by atoms with Gasteiger partial charge in [0.1, 0.15) is 0 Å². The number of nitrogens with one attached hydrogen (secondary N) is 2. The Morgan fingerprint density at radius 3 is 1.50 bits per heavy atom. The van der Waals surface area contributed by atoms with Gasteiger partial charge in [0.25, 0.3) is 11.1 Å². The van der Waals surface area contributed by atoms with Gasteiger partial charge in [-0.1, -0.05) is 26.0 Å². The van der Waals surface area contributed by atoms with Crippen LogP contribution in [0.2, 0.25) is 0 Å². The molecule has 1 aromatic carbocycles. The van der Waals surface area contributed by atoms with Crippen molar-refractivity contribution >= 4 is 23.4 Å². The summed E-state index contributed by atoms with van der Waals surface area (Å²) in [6.07, 6.45) is 1.69. The summed E-state index contributed by atoms with van der Waals surface area (Å²) in [5.74, 6) is 0. The molecule has 88 valence electrons. The first-order valence-corrected chi connectivity index (χ1v) is 5.83. The van der Waals surface area contributed by atoms with Gasteiger partial charge in [0.05, 0.1) is 10.8 Å². The number of hydrogen-bond acceptors (Lipinski definition) is 3. The predicted octanol–water partition coefficient (Wildman–Crippen LogP) is 1.79. The molecular formula is C11H16N2O2S. The van der Waals surface area contributed by atoms with Gasteiger partial charge < -0.3 is 0 Å². The van der Waals surface area contributed by atoms with Gasteiger partial charge in [0, 0.05) is 0 Å². The smallest absolute Gasteiger partial charge is 0.267 e. The van der Waals surface area contributed by atoms with E-state index in [0.717, 1.165) is 0 Å². The first-order valence-electron chi connectivity index (χ1n) is 4.93. The Morgan fingerprint density at radius 2 is 1.19 bits per heavy atom. The fourth-order valence-corrected chi connectivity index (χ4v) is 1.13. The Bertz CT molecular complexity index is 482. The minimum atomic E-state index is -0.273. The quantitative estimate of drug-likeness (QED) is 0.615. The van der Waals surface area contributed by atoms with Crippen molar-refractivity contribution in [3.8, 4) is 0 Å². The second-order valence-electron chi connectivity index (χ2n) is 2.45. The second-order valence-corrected chi connectivity index (χ2v) is 2.45. The highest BCUT2D eigenvalue weighted by Crippen LogP contribution is 2.00. The van der Waals surface area contributed by atoms with E-state index in [1.165, 1.54) is 0 Å². The van der Waals surface area contributed by atoms with E-state index in [0.29, 0.717) is 10.8 Å². The van der Waals surface area contributed by atoms with Crippen LogP contribution in [0.3, 0.4) is 0 Å². The number of rotatable bonds is 0. The Morgan fingerprint density at radius 1 is 0.875 bits per heavy atom. The molecule has 0 radical (unpaired) electrons. The molecule has 2 aromatic rings. The monoisotopic (exact) mass is 240 g/mol. The lowest BCUT2D eigenvalue weighted by atomic mass is 10.2. The Labute approximate surface area is 99.1 Å². The van der Waals surface area contributed by atoms with Crippen LogP contribution in [0, 0.1) is 0 Å². The van der Waals surface area contributed by atoms with Crippen molar-refractivity contribution in [2.24, 2.45) is 0 Å². The highest BCUT2D eigenvalue weighted by atomic mass is 32.1. The standard InChI is InChI=1S/C8H6N2O2.C2H6.CH4S/c11-7-5-3-1-2-4-6(5)8(12)10-9-7;2*1-2/h1-4H,(H,9,11)(H,10,12);1-2H3;2H,1H3. The molecule has 16 heavy (non-hydrogen) atoms. The number of thiol groups is 1. The zero-order valence-electron chi connectivity index (χ0n) is 9.57. The van der Waals surface area contributed by atoms with Crippen molar-refractivity contribution in [3.63, 3.8) is 0 Å². The summed E-state index contributed by atoms with van der Waals surface area (Å²) in [6, 6.07) is 6.67. The molecule has 0 amide bonds. The van der Waals surface area contributed by atoms with E-state index in [4.69, 9.17) is 0 Å². The maximum atomic E-state index is 11.1. The summed E-state index contributed by atoms with van der Waals surface area (Å²) >= 11 is 3.53. The molecule has 0 aliphatic heterocycles. The predicted molar refractivity (Wildman–Crippen MR) is 71.4 cm³/mol. The normalized spacial score (nSPS) is 8.50. The second kappa shape index (κ2) is 7.76. The number of H-pyrrole nitrogens is 2. The molecule has 1 heterocycles. The minimum Gasteiger partial charge on any atom is -0.267 e. The van der Waals surface area contributed by atoms with Crippen molar-refractivity contribution in [1.29, 1.82) is 0 Å². The molecule has 0 atom stereocenters. The Kier molecular flexibility index (Phi) is 7.03. The SMILES string of the molecule is CC.CS.O=c1[nH][nH]c(=O)c2ccccc12. The van der Waals surface area contributed by atoms with Crippen molar-refractivity contribution < 1.29 is 0 Å². The molecule has 1 aromatic heterocycles. The average Bonchev–Trinajstić information content (AvgIpc) is 2.39. The highest BCUT2D eigenvalue weighted by molar-refractivity contribution is 7.79. The lowest BCUT2D eigenvalue weighted by Gasteiger charge is -1.92. The van der Waals surface area contributed by atoms with E-state index >= 15 is 0 Å². The van der Waals surface area contributed by atoms with Crippen LogP contribution in [0.4, 0.5) is 0 Å². The number of aromatic nitrogens is 2. The Balaban J connectivity index is 0.000000509. The van der Waals surface area contributed by atoms with E-state index in [-0.39, 0.29) is 11.1 Å². The molecular weight excluding hydrogens is 224 g/mol. The molecule has 0 saturated carbocycles. The first kappa shape index (κ1) is 14.5. The van der Waals surface area contributed by atoms with E-state index in [9.17, 15) is 9.59 Å². The van der Waals surface area contributed by atoms with Crippen molar-refractivity contribution in [3.05, 3.63) is 45.0 Å². The zero-order valence-corrected chi connectivity index (χ0v) is 10.5. The van der Waals surface area contributed by atoms with Gasteiger partial charge in [-0.25, -0.2) is 0 Å². The number of aromatic amines is 2. The average molecular weight is 240 g/mol. The Hall–Kier alpha value is -1.49. The van der Waals surface area contributed by atoms with Crippen molar-refractivity contribution in [2.45, 2.75) is 13.8 Å². The van der Waals surface area contributed by atoms with Gasteiger partial charge in [0.15, 0.2) is 0 Å². The fraction of sp³-hybridized carbons (Fsp3) is 0.273. The summed E-state index contributed by atoms with van der Waals surface area (Å²) in [5.41, 5.74) is -0.546. The molecule has 5 heteroatoms. The minimum absolute atomic E-state index is 0.273. The van der Waals surface area contributed by atoms with Gasteiger partial charge >= 0.3 is 0 Å². The summed E-state index contributed by atoms with van der Waals surface area (Å²) in [5, 5.41) is 5.33. The molecule has 0 fully saturated rings. The van der Waals surface area contributed by atoms with Crippen LogP contribution in [0.5, 0.6) is 0 Å². The zero-order chi connectivity index (χ0) is 12.6. The lowest BCUT2D eigenvalue weighted by molar-refractivity contribution is 0.976. The molecule has 0 aliphatic carbocycles. The summed E-state index contributed by atoms with van der Waals surface area (Å²) in [4.78, 5) is 22.2. The fourth-order valence-electron chi connectivity index (χ4n) is 1.13. The van der Waals surface area contributed by atoms with E-state index < -0.39 is 0 Å². The molecule has 4 nitrogen and oxygen atoms in total. The topological polar surface area (TPSA) is 65.7 Å². The van der Waals surface area contributed by atoms with E-state index in [1.807, 2.05) is 13.8 Å². The van der Waals surface area contributed by atoms with Crippen LogP contribution >= 0.6 is 12.6 Å². The number of fused-ring (bicyclic) bond motifs is 1. The van der Waals surface area contributed by atoms with Gasteiger partial charge in [-0.2, -0.15) is 12.6 Å². The van der Waals surface area contributed by atoms with Gasteiger partial charge in [0.2, 0.25) is 0 Å². The van der Waals surface area contributed by atoms with Crippen molar-refractivity contribution in [1.82, 2.24) is 10.2 Å². The maximum Gasteiger partial charge on any atom is 0.270 e. The maximum absolute atomic E-state index is 11.1. The first-order chi connectivity index (χ1) is 7.79. The van der Waals surface area contributed by atoms with Gasteiger partial charge in [-0.05, 0) is 18.4 Å². The van der Waals surface area contributed by atoms with E-state index in [2.05, 4.69) is 22.8 Å². The van der Waals surface area contributed by atoms with Crippen LogP contribution < -0.4 is 11.1 Å². The molecule has 0 aliphatic rings. The van der Waals surface area contributed by atoms with Crippen molar-refractivity contribution in [2.75, 3.05) is 6.26 Å². The largest absolute Gasteiger partial charge is 0.270 e. The van der Waals surface area contributed by atoms with Gasteiger partial charge in [-0.3, -0.25) is 19.8 Å². The third-order valence-corrected chi connectivity index (χ3v) is 1.71. The third-order valence-electron chi connectivity index (χ3n) is 1.71. The molecule has 2 rings (SSSR count). The number of hydrogen-bond donors (Lipinski definition) is 3. The van der Waals surface area contributed by atoms with Crippen LogP contribution in [-0.4, -0.2) is 16.5 Å². The number of benzene rings is 1. The molecule has 0 unspecified atom stereocenters. The molecule has 0 saturated heterocycles. The summed E-state index contributed by atoms with van der Waals surface area (Å²) < 4.78 is 0. The summed E-state index contributed by atoms with van der Waals surface area (Å²) in [7, 11) is 0. The highest BCUT2D eigenvalue weighted by Gasteiger charge is 1.98. The van der Waals surface area contributed by atoms with Crippen LogP contribution in [0.1, 0.15) is 13.8 Å². The molecule has 2 N–H and O–H groups in total. The van der Waals surface area contributed by atoms with Crippen LogP contribution in [0.15, 0.2) is 33.9 Å². The molecule has 0 bridgehead atoms. The van der Waals surface area contributed by atoms with Gasteiger partial charge in [-0.15, -0.1) is 0 Å². The van der Waals surface area contributed by atoms with Crippen LogP contribution in [-0.2, 0) is 0 Å². The third kappa shape index (κ3) is 3.27. The molecule has 0 spiro atoms. The van der Waals surface area contributed by atoms with E-state index in [1.54, 1.807) is 30.5 Å². The van der Waals surface area contributed by atoms with Crippen LogP contribution in [0.25, 0.3) is 10.8 Å². The lowest BCUT2D eigenvalue weighted by Crippen LogP contribution is -2.18.